The van der Waals surface area contributed by atoms with Gasteiger partial charge in [-0.05, 0) is 55.0 Å². The maximum absolute atomic E-state index is 12.9. The largest absolute Gasteiger partial charge is 0.494 e. The number of hydrogen-bond acceptors (Lipinski definition) is 7. The van der Waals surface area contributed by atoms with Crippen LogP contribution in [0.1, 0.15) is 26.3 Å². The first-order valence-electron chi connectivity index (χ1n) is 12.0. The molecule has 0 spiro atoms. The number of rotatable bonds is 5. The first-order valence-corrected chi connectivity index (χ1v) is 13.4. The number of azo groups is 1. The van der Waals surface area contributed by atoms with Gasteiger partial charge in [-0.25, -0.2) is 8.42 Å². The quantitative estimate of drug-likeness (QED) is 0.360. The number of morpholine rings is 1. The van der Waals surface area contributed by atoms with E-state index >= 15 is 0 Å². The summed E-state index contributed by atoms with van der Waals surface area (Å²) in [6.07, 6.45) is 0. The van der Waals surface area contributed by atoms with E-state index in [2.05, 4.69) is 10.2 Å². The Morgan fingerprint density at radius 2 is 1.46 bits per heavy atom. The molecule has 39 heavy (non-hydrogen) atoms. The number of carbonyl (C=O) groups is 2. The number of sulfonamides is 1. The molecule has 1 aliphatic heterocycles. The maximum atomic E-state index is 12.9. The van der Waals surface area contributed by atoms with Crippen molar-refractivity contribution >= 4 is 32.6 Å². The second-order valence-electron chi connectivity index (χ2n) is 8.88. The summed E-state index contributed by atoms with van der Waals surface area (Å²) < 4.78 is 33.5. The van der Waals surface area contributed by atoms with E-state index < -0.39 is 21.8 Å². The molecular weight excluding hydrogens is 524 g/mol. The van der Waals surface area contributed by atoms with Crippen LogP contribution in [0, 0.1) is 6.92 Å². The van der Waals surface area contributed by atoms with E-state index in [0.717, 1.165) is 5.56 Å². The molecule has 0 aliphatic carbocycles. The average Bonchev–Trinajstić information content (AvgIpc) is 3.21. The molecule has 0 radical (unpaired) electrons. The summed E-state index contributed by atoms with van der Waals surface area (Å²) in [7, 11) is -3.83. The molecule has 1 fully saturated rings. The summed E-state index contributed by atoms with van der Waals surface area (Å²) in [6.45, 7) is 2.82. The van der Waals surface area contributed by atoms with Crippen LogP contribution in [0.2, 0.25) is 0 Å². The molecule has 3 aromatic carbocycles. The van der Waals surface area contributed by atoms with Crippen LogP contribution < -0.4 is 0 Å². The van der Waals surface area contributed by atoms with E-state index in [1.54, 1.807) is 12.1 Å². The molecule has 0 saturated carbocycles. The van der Waals surface area contributed by atoms with Gasteiger partial charge in [-0.15, -0.1) is 10.2 Å². The molecule has 0 unspecified atom stereocenters. The van der Waals surface area contributed by atoms with Gasteiger partial charge in [0.2, 0.25) is 21.8 Å². The third-order valence-corrected chi connectivity index (χ3v) is 8.34. The fourth-order valence-electron chi connectivity index (χ4n) is 4.37. The lowest BCUT2D eigenvalue weighted by Crippen LogP contribution is -2.40. The van der Waals surface area contributed by atoms with Crippen LogP contribution in [0.25, 0.3) is 16.5 Å². The predicted octanol–water partition coefficient (Wildman–Crippen LogP) is 3.80. The Morgan fingerprint density at radius 1 is 0.821 bits per heavy atom. The van der Waals surface area contributed by atoms with Gasteiger partial charge in [0.15, 0.2) is 0 Å². The molecule has 2 N–H and O–H groups in total. The van der Waals surface area contributed by atoms with Gasteiger partial charge in [0.25, 0.3) is 11.8 Å². The number of hydrogen-bond donors (Lipinski definition) is 2. The third kappa shape index (κ3) is 4.92. The van der Waals surface area contributed by atoms with Gasteiger partial charge in [-0.2, -0.15) is 4.31 Å². The van der Waals surface area contributed by atoms with Crippen molar-refractivity contribution < 1.29 is 33.0 Å². The number of amides is 2. The first-order chi connectivity index (χ1) is 18.7. The van der Waals surface area contributed by atoms with Crippen LogP contribution >= 0.6 is 0 Å². The van der Waals surface area contributed by atoms with E-state index in [1.807, 2.05) is 19.1 Å². The molecule has 1 aliphatic rings. The molecule has 2 heterocycles. The van der Waals surface area contributed by atoms with E-state index in [4.69, 9.17) is 4.74 Å². The zero-order chi connectivity index (χ0) is 27.7. The van der Waals surface area contributed by atoms with Crippen LogP contribution in [-0.2, 0) is 14.8 Å². The molecular formula is C27H24N4O7S. The fourth-order valence-corrected chi connectivity index (χ4v) is 5.83. The lowest BCUT2D eigenvalue weighted by molar-refractivity contribution is 0.0730. The molecule has 11 nitrogen and oxygen atoms in total. The van der Waals surface area contributed by atoms with Crippen molar-refractivity contribution in [1.29, 1.82) is 0 Å². The number of carbonyl (C=O) groups excluding carboxylic acids is 2. The fraction of sp³-hybridized carbons (Fsp3) is 0.185. The Morgan fingerprint density at radius 3 is 2.15 bits per heavy atom. The highest BCUT2D eigenvalue weighted by molar-refractivity contribution is 7.89. The highest BCUT2D eigenvalue weighted by atomic mass is 32.2. The number of benzene rings is 3. The number of fused-ring (bicyclic) bond motifs is 1. The van der Waals surface area contributed by atoms with E-state index in [-0.39, 0.29) is 59.5 Å². The molecule has 5 rings (SSSR count). The van der Waals surface area contributed by atoms with Crippen LogP contribution in [0.4, 0.5) is 0 Å². The zero-order valence-electron chi connectivity index (χ0n) is 20.8. The predicted molar refractivity (Wildman–Crippen MR) is 141 cm³/mol. The minimum Gasteiger partial charge on any atom is -0.494 e. The van der Waals surface area contributed by atoms with Gasteiger partial charge in [0.1, 0.15) is 0 Å². The van der Waals surface area contributed by atoms with Crippen LogP contribution in [0.3, 0.4) is 0 Å². The number of aryl methyl sites for hydroxylation is 1. The van der Waals surface area contributed by atoms with Gasteiger partial charge >= 0.3 is 0 Å². The summed E-state index contributed by atoms with van der Waals surface area (Å²) in [5, 5.41) is 29.1. The summed E-state index contributed by atoms with van der Waals surface area (Å²) >= 11 is 0. The topological polar surface area (TPSA) is 151 Å². The summed E-state index contributed by atoms with van der Waals surface area (Å²) in [5.74, 6) is -2.21. The number of para-hydroxylation sites is 1. The van der Waals surface area contributed by atoms with E-state index in [1.165, 1.54) is 51.3 Å². The minimum atomic E-state index is -3.83. The molecule has 2 amide bonds. The van der Waals surface area contributed by atoms with Crippen molar-refractivity contribution in [1.82, 2.24) is 8.87 Å². The number of nitrogens with zero attached hydrogens (tertiary/aromatic N) is 4. The number of ether oxygens (including phenoxy) is 1. The number of aromatic hydroxyl groups is 2. The third-order valence-electron chi connectivity index (χ3n) is 6.45. The smallest absolute Gasteiger partial charge is 0.295 e. The van der Waals surface area contributed by atoms with Crippen LogP contribution in [-0.4, -0.2) is 65.6 Å². The lowest BCUT2D eigenvalue weighted by atomic mass is 10.1. The van der Waals surface area contributed by atoms with Crippen molar-refractivity contribution in [3.05, 3.63) is 83.4 Å². The van der Waals surface area contributed by atoms with Gasteiger partial charge in [0.05, 0.1) is 23.8 Å². The molecule has 200 valence electrons. The van der Waals surface area contributed by atoms with Gasteiger partial charge < -0.3 is 14.9 Å². The minimum absolute atomic E-state index is 0.0277. The highest BCUT2D eigenvalue weighted by Crippen LogP contribution is 2.40. The van der Waals surface area contributed by atoms with E-state index in [0.29, 0.717) is 11.1 Å². The Balaban J connectivity index is 1.39. The molecule has 1 saturated heterocycles. The second kappa shape index (κ2) is 10.4. The molecule has 0 bridgehead atoms. The summed E-state index contributed by atoms with van der Waals surface area (Å²) in [5.41, 5.74) is 1.36. The molecule has 4 aromatic rings. The monoisotopic (exact) mass is 548 g/mol. The van der Waals surface area contributed by atoms with Gasteiger partial charge in [0, 0.05) is 35.0 Å². The van der Waals surface area contributed by atoms with E-state index in [9.17, 15) is 28.2 Å². The molecule has 0 atom stereocenters. The normalized spacial score (nSPS) is 14.7. The second-order valence-corrected chi connectivity index (χ2v) is 10.8. The highest BCUT2D eigenvalue weighted by Gasteiger charge is 2.27. The van der Waals surface area contributed by atoms with Crippen molar-refractivity contribution in [2.45, 2.75) is 11.8 Å². The van der Waals surface area contributed by atoms with Crippen LogP contribution in [0.5, 0.6) is 11.8 Å². The first kappa shape index (κ1) is 26.2. The molecule has 12 heteroatoms. The van der Waals surface area contributed by atoms with Crippen molar-refractivity contribution in [3.8, 4) is 17.4 Å². The summed E-state index contributed by atoms with van der Waals surface area (Å²) in [4.78, 5) is 25.3. The average molecular weight is 549 g/mol. The SMILES string of the molecule is Cc1ccccc1-n1c(O)c2ccc(C(=O)N=NC(=O)c3cccc(S(=O)(=O)N4CCOCC4)c3)cc2c1O. The summed E-state index contributed by atoms with van der Waals surface area (Å²) in [6, 6.07) is 16.7. The zero-order valence-corrected chi connectivity index (χ0v) is 21.6. The Labute approximate surface area is 223 Å². The number of aromatic nitrogens is 1. The maximum Gasteiger partial charge on any atom is 0.295 e. The Bertz CT molecular complexity index is 1740. The van der Waals surface area contributed by atoms with Crippen molar-refractivity contribution in [3.63, 3.8) is 0 Å². The van der Waals surface area contributed by atoms with Crippen LogP contribution in [0.15, 0.2) is 81.9 Å². The van der Waals surface area contributed by atoms with Crippen molar-refractivity contribution in [2.24, 2.45) is 10.2 Å². The van der Waals surface area contributed by atoms with Gasteiger partial charge in [-0.3, -0.25) is 14.2 Å². The Kier molecular flexibility index (Phi) is 7.00. The van der Waals surface area contributed by atoms with Crippen molar-refractivity contribution in [2.75, 3.05) is 26.3 Å². The van der Waals surface area contributed by atoms with Gasteiger partial charge in [-0.1, -0.05) is 24.3 Å². The Hall–Kier alpha value is -4.39. The standard InChI is InChI=1S/C27H24N4O7S/c1-17-5-2-3-8-23(17)31-26(34)21-10-9-19(16-22(21)27(31)35)25(33)29-28-24(32)18-6-4-7-20(15-18)39(36,37)30-11-13-38-14-12-30/h2-10,15-16,34-35H,11-14H2,1H3. The molecule has 1 aromatic heterocycles. The lowest BCUT2D eigenvalue weighted by Gasteiger charge is -2.26.